The number of nitrogens with one attached hydrogen (secondary N) is 1. The summed E-state index contributed by atoms with van der Waals surface area (Å²) in [5.74, 6) is 0.753. The maximum atomic E-state index is 13.5. The van der Waals surface area contributed by atoms with Crippen LogP contribution in [0, 0.1) is 0 Å². The highest BCUT2D eigenvalue weighted by molar-refractivity contribution is 14.0. The summed E-state index contributed by atoms with van der Waals surface area (Å²) in [5, 5.41) is 3.13. The number of halogens is 4. The number of benzene rings is 1. The lowest BCUT2D eigenvalue weighted by molar-refractivity contribution is -0.138. The molecule has 0 aromatic heterocycles. The van der Waals surface area contributed by atoms with Gasteiger partial charge in [-0.2, -0.15) is 13.2 Å². The third-order valence-corrected chi connectivity index (χ3v) is 4.52. The second-order valence-electron chi connectivity index (χ2n) is 7.15. The molecule has 1 amide bonds. The second-order valence-corrected chi connectivity index (χ2v) is 7.15. The van der Waals surface area contributed by atoms with E-state index in [2.05, 4.69) is 10.3 Å². The monoisotopic (exact) mass is 542 g/mol. The summed E-state index contributed by atoms with van der Waals surface area (Å²) in [4.78, 5) is 19.6. The van der Waals surface area contributed by atoms with E-state index in [0.29, 0.717) is 38.7 Å². The van der Waals surface area contributed by atoms with E-state index in [-0.39, 0.29) is 53.8 Å². The third-order valence-electron chi connectivity index (χ3n) is 4.52. The number of hydrogen-bond acceptors (Lipinski definition) is 3. The number of rotatable bonds is 5. The first-order valence-electron chi connectivity index (χ1n) is 9.77. The van der Waals surface area contributed by atoms with Gasteiger partial charge in [0, 0.05) is 39.6 Å². The fraction of sp³-hybridized carbons (Fsp3) is 0.600. The fourth-order valence-electron chi connectivity index (χ4n) is 3.12. The van der Waals surface area contributed by atoms with Crippen molar-refractivity contribution in [2.24, 2.45) is 4.99 Å². The van der Waals surface area contributed by atoms with Crippen molar-refractivity contribution in [3.63, 3.8) is 0 Å². The molecule has 1 aliphatic heterocycles. The predicted octanol–water partition coefficient (Wildman–Crippen LogP) is 3.74. The molecule has 1 fully saturated rings. The number of guanidine groups is 1. The minimum absolute atomic E-state index is 0. The normalized spacial score (nSPS) is 15.1. The van der Waals surface area contributed by atoms with Crippen LogP contribution in [0.1, 0.15) is 38.8 Å². The molecular formula is C20H30F3IN4O2. The van der Waals surface area contributed by atoms with Crippen molar-refractivity contribution >= 4 is 35.8 Å². The van der Waals surface area contributed by atoms with Gasteiger partial charge in [-0.3, -0.25) is 4.79 Å². The molecule has 170 valence electrons. The summed E-state index contributed by atoms with van der Waals surface area (Å²) < 4.78 is 46.0. The van der Waals surface area contributed by atoms with Crippen LogP contribution in [0.15, 0.2) is 23.2 Å². The van der Waals surface area contributed by atoms with Gasteiger partial charge in [0.15, 0.2) is 5.96 Å². The van der Waals surface area contributed by atoms with Crippen molar-refractivity contribution < 1.29 is 22.7 Å². The van der Waals surface area contributed by atoms with Gasteiger partial charge in [-0.05, 0) is 38.5 Å². The van der Waals surface area contributed by atoms with Gasteiger partial charge in [-0.25, -0.2) is 4.99 Å². The van der Waals surface area contributed by atoms with Crippen LogP contribution in [0.25, 0.3) is 0 Å². The first kappa shape index (κ1) is 26.3. The number of carbonyl (C=O) groups is 1. The van der Waals surface area contributed by atoms with Gasteiger partial charge in [-0.15, -0.1) is 24.0 Å². The van der Waals surface area contributed by atoms with E-state index < -0.39 is 11.7 Å². The summed E-state index contributed by atoms with van der Waals surface area (Å²) in [7, 11) is 0. The average molecular weight is 542 g/mol. The number of ether oxygens (including phenoxy) is 1. The number of nitrogens with zero attached hydrogens (tertiary/aromatic N) is 3. The van der Waals surface area contributed by atoms with Gasteiger partial charge in [0.25, 0.3) is 0 Å². The smallest absolute Gasteiger partial charge is 0.416 e. The standard InChI is InChI=1S/C20H29F3N4O2.HI/c1-5-24-19(27-10-8-26(9-11-27)15(4)28)25-13-16-6-7-17(29-14(2)3)12-18(16)20(21,22)23;/h6-7,12,14H,5,8-11,13H2,1-4H3,(H,24,25);1H. The zero-order valence-corrected chi connectivity index (χ0v) is 20.1. The molecule has 1 heterocycles. The van der Waals surface area contributed by atoms with Crippen LogP contribution in [-0.2, 0) is 17.5 Å². The molecule has 0 saturated carbocycles. The molecule has 1 aromatic rings. The molecule has 0 bridgehead atoms. The average Bonchev–Trinajstić information content (AvgIpc) is 2.64. The van der Waals surface area contributed by atoms with Crippen LogP contribution in [0.4, 0.5) is 13.2 Å². The van der Waals surface area contributed by atoms with Crippen molar-refractivity contribution in [1.82, 2.24) is 15.1 Å². The highest BCUT2D eigenvalue weighted by atomic mass is 127. The summed E-state index contributed by atoms with van der Waals surface area (Å²) in [6, 6.07) is 3.99. The van der Waals surface area contributed by atoms with Crippen molar-refractivity contribution in [2.75, 3.05) is 32.7 Å². The van der Waals surface area contributed by atoms with Crippen molar-refractivity contribution in [3.05, 3.63) is 29.3 Å². The first-order valence-corrected chi connectivity index (χ1v) is 9.77. The number of aliphatic imine (C=N–C) groups is 1. The van der Waals surface area contributed by atoms with E-state index in [9.17, 15) is 18.0 Å². The number of carbonyl (C=O) groups excluding carboxylic acids is 1. The van der Waals surface area contributed by atoms with E-state index >= 15 is 0 Å². The van der Waals surface area contributed by atoms with Crippen LogP contribution >= 0.6 is 24.0 Å². The van der Waals surface area contributed by atoms with E-state index in [1.165, 1.54) is 13.0 Å². The summed E-state index contributed by atoms with van der Waals surface area (Å²) in [5.41, 5.74) is -0.650. The van der Waals surface area contributed by atoms with Crippen LogP contribution < -0.4 is 10.1 Å². The van der Waals surface area contributed by atoms with Gasteiger partial charge in [0.1, 0.15) is 5.75 Å². The molecule has 0 atom stereocenters. The largest absolute Gasteiger partial charge is 0.491 e. The highest BCUT2D eigenvalue weighted by Crippen LogP contribution is 2.35. The Morgan fingerprint density at radius 3 is 2.30 bits per heavy atom. The van der Waals surface area contributed by atoms with Crippen LogP contribution in [0.3, 0.4) is 0 Å². The van der Waals surface area contributed by atoms with E-state index in [0.717, 1.165) is 6.07 Å². The lowest BCUT2D eigenvalue weighted by atomic mass is 10.1. The molecular weight excluding hydrogens is 512 g/mol. The topological polar surface area (TPSA) is 57.2 Å². The fourth-order valence-corrected chi connectivity index (χ4v) is 3.12. The molecule has 30 heavy (non-hydrogen) atoms. The maximum absolute atomic E-state index is 13.5. The Labute approximate surface area is 192 Å². The van der Waals surface area contributed by atoms with Crippen LogP contribution in [0.2, 0.25) is 0 Å². The maximum Gasteiger partial charge on any atom is 0.416 e. The van der Waals surface area contributed by atoms with Gasteiger partial charge in [0.2, 0.25) is 5.91 Å². The van der Waals surface area contributed by atoms with Gasteiger partial charge < -0.3 is 19.9 Å². The molecule has 0 radical (unpaired) electrons. The molecule has 0 unspecified atom stereocenters. The summed E-state index contributed by atoms with van der Waals surface area (Å²) >= 11 is 0. The van der Waals surface area contributed by atoms with Crippen molar-refractivity contribution in [3.8, 4) is 5.75 Å². The first-order chi connectivity index (χ1) is 13.6. The lowest BCUT2D eigenvalue weighted by Crippen LogP contribution is -2.53. The molecule has 0 aliphatic carbocycles. The van der Waals surface area contributed by atoms with Crippen LogP contribution in [-0.4, -0.2) is 60.5 Å². The van der Waals surface area contributed by atoms with Gasteiger partial charge in [-0.1, -0.05) is 6.07 Å². The molecule has 2 rings (SSSR count). The third kappa shape index (κ3) is 7.51. The number of hydrogen-bond donors (Lipinski definition) is 1. The number of amides is 1. The Hall–Kier alpha value is -1.72. The lowest BCUT2D eigenvalue weighted by Gasteiger charge is -2.36. The van der Waals surface area contributed by atoms with E-state index in [1.54, 1.807) is 24.8 Å². The van der Waals surface area contributed by atoms with Crippen LogP contribution in [0.5, 0.6) is 5.75 Å². The molecule has 10 heteroatoms. The Balaban J connectivity index is 0.00000450. The minimum atomic E-state index is -4.49. The second kappa shape index (κ2) is 11.6. The Morgan fingerprint density at radius 2 is 1.80 bits per heavy atom. The molecule has 0 spiro atoms. The Kier molecular flexibility index (Phi) is 10.2. The number of alkyl halides is 3. The van der Waals surface area contributed by atoms with Crippen molar-refractivity contribution in [1.29, 1.82) is 0 Å². The van der Waals surface area contributed by atoms with Gasteiger partial charge >= 0.3 is 6.18 Å². The molecule has 1 aliphatic rings. The van der Waals surface area contributed by atoms with E-state index in [4.69, 9.17) is 4.74 Å². The molecule has 1 saturated heterocycles. The zero-order chi connectivity index (χ0) is 21.6. The van der Waals surface area contributed by atoms with Crippen molar-refractivity contribution in [2.45, 2.75) is 46.5 Å². The summed E-state index contributed by atoms with van der Waals surface area (Å²) in [6.45, 7) is 9.74. The molecule has 6 nitrogen and oxygen atoms in total. The molecule has 1 aromatic carbocycles. The Bertz CT molecular complexity index is 733. The molecule has 1 N–H and O–H groups in total. The zero-order valence-electron chi connectivity index (χ0n) is 17.8. The predicted molar refractivity (Wildman–Crippen MR) is 121 cm³/mol. The quantitative estimate of drug-likeness (QED) is 0.350. The highest BCUT2D eigenvalue weighted by Gasteiger charge is 2.34. The van der Waals surface area contributed by atoms with E-state index in [1.807, 2.05) is 11.8 Å². The van der Waals surface area contributed by atoms with Gasteiger partial charge in [0.05, 0.1) is 18.2 Å². The summed E-state index contributed by atoms with van der Waals surface area (Å²) in [6.07, 6.45) is -4.71. The minimum Gasteiger partial charge on any atom is -0.491 e. The number of piperazine rings is 1. The Morgan fingerprint density at radius 1 is 1.20 bits per heavy atom. The SMILES string of the molecule is CCNC(=NCc1ccc(OC(C)C)cc1C(F)(F)F)N1CCN(C(C)=O)CC1.I.